The summed E-state index contributed by atoms with van der Waals surface area (Å²) < 4.78 is 23.5. The molecule has 0 aliphatic heterocycles. The van der Waals surface area contributed by atoms with Gasteiger partial charge in [-0.15, -0.1) is 0 Å². The van der Waals surface area contributed by atoms with Crippen molar-refractivity contribution in [2.45, 2.75) is 167 Å². The molecule has 3 atom stereocenters. The molecule has 0 aliphatic carbocycles. The normalized spacial score (nSPS) is 15.1. The zero-order valence-corrected chi connectivity index (χ0v) is 34.9. The molecule has 0 aliphatic rings. The van der Waals surface area contributed by atoms with Crippen molar-refractivity contribution in [2.24, 2.45) is 0 Å². The minimum atomic E-state index is -4.35. The van der Waals surface area contributed by atoms with Gasteiger partial charge in [-0.2, -0.15) is 0 Å². The van der Waals surface area contributed by atoms with E-state index in [1.165, 1.54) is 70.6 Å². The number of likely N-dealkylation sites (N-methyl/N-ethyl adjacent to an activating group) is 1. The predicted molar refractivity (Wildman–Crippen MR) is 221 cm³/mol. The van der Waals surface area contributed by atoms with Crippen LogP contribution in [0.4, 0.5) is 0 Å². The first-order valence-electron chi connectivity index (χ1n) is 20.7. The number of allylic oxidation sites excluding steroid dienone is 9. The Balaban J connectivity index is 4.58. The summed E-state index contributed by atoms with van der Waals surface area (Å²) in [6.07, 6.45) is 44.3. The van der Waals surface area contributed by atoms with E-state index in [9.17, 15) is 19.4 Å². The highest BCUT2D eigenvalue weighted by Crippen LogP contribution is 2.43. The zero-order chi connectivity index (χ0) is 38.6. The van der Waals surface area contributed by atoms with E-state index in [4.69, 9.17) is 9.05 Å². The summed E-state index contributed by atoms with van der Waals surface area (Å²) in [5.41, 5.74) is 0. The molecule has 0 aromatic heterocycles. The van der Waals surface area contributed by atoms with E-state index in [1.807, 2.05) is 27.2 Å². The molecule has 3 unspecified atom stereocenters. The summed E-state index contributed by atoms with van der Waals surface area (Å²) >= 11 is 0. The fourth-order valence-corrected chi connectivity index (χ4v) is 6.18. The van der Waals surface area contributed by atoms with Crippen LogP contribution in [-0.4, -0.2) is 73.4 Å². The van der Waals surface area contributed by atoms with Crippen LogP contribution >= 0.6 is 7.82 Å². The molecule has 302 valence electrons. The highest BCUT2D eigenvalue weighted by Gasteiger charge is 2.27. The third kappa shape index (κ3) is 36.6. The first kappa shape index (κ1) is 50.2. The number of unbranched alkanes of at least 4 members (excludes halogenated alkanes) is 15. The molecule has 0 aromatic carbocycles. The number of hydrogen-bond acceptors (Lipinski definition) is 5. The Kier molecular flexibility index (Phi) is 33.7. The second kappa shape index (κ2) is 34.9. The topological polar surface area (TPSA) is 105 Å². The van der Waals surface area contributed by atoms with Gasteiger partial charge in [-0.05, 0) is 57.8 Å². The summed E-state index contributed by atoms with van der Waals surface area (Å²) in [4.78, 5) is 23.0. The van der Waals surface area contributed by atoms with E-state index in [1.54, 1.807) is 6.08 Å². The molecule has 0 rings (SSSR count). The number of carbonyl (C=O) groups excluding carboxylic acids is 1. The SMILES string of the molecule is CC/C=C\C/C=C\C/C=C\C/C=C\CCCCC(=O)NC(COP(=O)(O)OCC[N+](C)(C)C)C(O)/C=C/CCCCCCCCCCCCCCC. The van der Waals surface area contributed by atoms with Gasteiger partial charge in [0.25, 0.3) is 0 Å². The summed E-state index contributed by atoms with van der Waals surface area (Å²) in [6.45, 7) is 4.64. The lowest BCUT2D eigenvalue weighted by molar-refractivity contribution is -0.870. The van der Waals surface area contributed by atoms with Crippen LogP contribution in [0, 0.1) is 0 Å². The number of nitrogens with zero attached hydrogens (tertiary/aromatic N) is 1. The van der Waals surface area contributed by atoms with E-state index in [-0.39, 0.29) is 19.1 Å². The molecule has 1 amide bonds. The smallest absolute Gasteiger partial charge is 0.387 e. The third-order valence-corrected chi connectivity index (χ3v) is 9.73. The standard InChI is InChI=1S/C43H79N2O6P/c1-6-8-10-12-14-16-18-20-22-24-26-28-30-32-34-36-42(46)41(40-51-52(48,49)50-39-38-45(3,4)5)44-43(47)37-35-33-31-29-27-25-23-21-19-17-15-13-11-9-7-2/h9,11,15,17,21,23,27,29,34,36,41-42,46H,6-8,10,12-14,16,18-20,22,24-26,28,30-33,35,37-40H2,1-5H3,(H-,44,47,48,49)/p+1/b11-9-,17-15-,23-21-,29-27-,36-34+. The van der Waals surface area contributed by atoms with Gasteiger partial charge in [-0.1, -0.05) is 152 Å². The Labute approximate surface area is 320 Å². The van der Waals surface area contributed by atoms with E-state index in [2.05, 4.69) is 67.8 Å². The molecule has 52 heavy (non-hydrogen) atoms. The number of nitrogens with one attached hydrogen (secondary N) is 1. The largest absolute Gasteiger partial charge is 0.472 e. The molecule has 0 spiro atoms. The molecule has 0 fully saturated rings. The van der Waals surface area contributed by atoms with Crippen molar-refractivity contribution in [1.29, 1.82) is 0 Å². The van der Waals surface area contributed by atoms with Crippen LogP contribution in [0.5, 0.6) is 0 Å². The lowest BCUT2D eigenvalue weighted by atomic mass is 10.0. The monoisotopic (exact) mass is 752 g/mol. The van der Waals surface area contributed by atoms with Gasteiger partial charge < -0.3 is 19.8 Å². The maximum absolute atomic E-state index is 12.8. The Bertz CT molecular complexity index is 1030. The van der Waals surface area contributed by atoms with Crippen LogP contribution in [0.3, 0.4) is 0 Å². The fraction of sp³-hybridized carbons (Fsp3) is 0.744. The predicted octanol–water partition coefficient (Wildman–Crippen LogP) is 11.1. The van der Waals surface area contributed by atoms with Gasteiger partial charge in [0.2, 0.25) is 5.91 Å². The number of rotatable bonds is 36. The van der Waals surface area contributed by atoms with Crippen molar-refractivity contribution in [2.75, 3.05) is 40.9 Å². The molecule has 0 saturated carbocycles. The second-order valence-corrected chi connectivity index (χ2v) is 16.4. The minimum Gasteiger partial charge on any atom is -0.387 e. The van der Waals surface area contributed by atoms with E-state index in [0.717, 1.165) is 57.8 Å². The van der Waals surface area contributed by atoms with Gasteiger partial charge in [0.1, 0.15) is 13.2 Å². The van der Waals surface area contributed by atoms with Crippen LogP contribution in [0.25, 0.3) is 0 Å². The van der Waals surface area contributed by atoms with Crippen molar-refractivity contribution < 1.29 is 32.9 Å². The lowest BCUT2D eigenvalue weighted by Gasteiger charge is -2.25. The number of hydrogen-bond donors (Lipinski definition) is 3. The van der Waals surface area contributed by atoms with Crippen molar-refractivity contribution in [3.05, 3.63) is 60.8 Å². The van der Waals surface area contributed by atoms with Gasteiger partial charge in [0.05, 0.1) is 39.9 Å². The van der Waals surface area contributed by atoms with Crippen molar-refractivity contribution >= 4 is 13.7 Å². The molecule has 0 saturated heterocycles. The maximum atomic E-state index is 12.8. The van der Waals surface area contributed by atoms with E-state index < -0.39 is 20.0 Å². The first-order chi connectivity index (χ1) is 25.0. The van der Waals surface area contributed by atoms with Crippen LogP contribution in [-0.2, 0) is 18.4 Å². The first-order valence-corrected chi connectivity index (χ1v) is 22.2. The highest BCUT2D eigenvalue weighted by atomic mass is 31.2. The van der Waals surface area contributed by atoms with Gasteiger partial charge in [0.15, 0.2) is 0 Å². The molecule has 0 bridgehead atoms. The number of phosphoric ester groups is 1. The van der Waals surface area contributed by atoms with Crippen molar-refractivity contribution in [3.63, 3.8) is 0 Å². The maximum Gasteiger partial charge on any atom is 0.472 e. The summed E-state index contributed by atoms with van der Waals surface area (Å²) in [6, 6.07) is -0.868. The summed E-state index contributed by atoms with van der Waals surface area (Å²) in [7, 11) is 1.53. The van der Waals surface area contributed by atoms with Gasteiger partial charge >= 0.3 is 7.82 Å². The minimum absolute atomic E-state index is 0.0508. The molecule has 0 aromatic rings. The van der Waals surface area contributed by atoms with Gasteiger partial charge in [-0.3, -0.25) is 13.8 Å². The molecule has 3 N–H and O–H groups in total. The van der Waals surface area contributed by atoms with Crippen molar-refractivity contribution in [3.8, 4) is 0 Å². The summed E-state index contributed by atoms with van der Waals surface area (Å²) in [5, 5.41) is 13.8. The zero-order valence-electron chi connectivity index (χ0n) is 34.0. The van der Waals surface area contributed by atoms with Gasteiger partial charge in [-0.25, -0.2) is 4.57 Å². The number of phosphoric acid groups is 1. The fourth-order valence-electron chi connectivity index (χ4n) is 5.44. The lowest BCUT2D eigenvalue weighted by Crippen LogP contribution is -2.45. The Morgan fingerprint density at radius 1 is 0.673 bits per heavy atom. The van der Waals surface area contributed by atoms with E-state index in [0.29, 0.717) is 23.9 Å². The van der Waals surface area contributed by atoms with Gasteiger partial charge in [0, 0.05) is 6.42 Å². The highest BCUT2D eigenvalue weighted by molar-refractivity contribution is 7.47. The second-order valence-electron chi connectivity index (χ2n) is 15.0. The van der Waals surface area contributed by atoms with Crippen molar-refractivity contribution in [1.82, 2.24) is 5.32 Å². The Hall–Kier alpha value is -1.80. The number of quaternary nitrogens is 1. The van der Waals surface area contributed by atoms with Crippen LogP contribution in [0.2, 0.25) is 0 Å². The van der Waals surface area contributed by atoms with Crippen LogP contribution < -0.4 is 5.32 Å². The Morgan fingerprint density at radius 2 is 1.15 bits per heavy atom. The number of aliphatic hydroxyl groups excluding tert-OH is 1. The number of carbonyl (C=O) groups is 1. The van der Waals surface area contributed by atoms with Crippen LogP contribution in [0.1, 0.15) is 155 Å². The summed E-state index contributed by atoms with van der Waals surface area (Å²) in [5.74, 6) is -0.221. The molecule has 0 radical (unpaired) electrons. The molecular weight excluding hydrogens is 671 g/mol. The van der Waals surface area contributed by atoms with Crippen LogP contribution in [0.15, 0.2) is 60.8 Å². The Morgan fingerprint density at radius 3 is 1.69 bits per heavy atom. The average Bonchev–Trinajstić information content (AvgIpc) is 3.09. The molecule has 8 nitrogen and oxygen atoms in total. The van der Waals surface area contributed by atoms with E-state index >= 15 is 0 Å². The molecule has 9 heteroatoms. The molecular formula is C43H80N2O6P+. The molecule has 0 heterocycles. The number of aliphatic hydroxyl groups is 1. The number of amides is 1. The third-order valence-electron chi connectivity index (χ3n) is 8.74. The average molecular weight is 752 g/mol. The quantitative estimate of drug-likeness (QED) is 0.0255.